The standard InChI is InChI=1S/C21H31N5O7/c1-11(2)7-14(22)19(31)25-15(8-12-3-5-13(27)6-4-12)21(33)26-16(9-17(23)28)20(32)24-10-18(29)30/h3-6,11,14-16,27H,7-10,22H2,1-2H3,(H2,23,28)(H,24,32)(H,25,31)(H,26,33)(H,29,30). The molecule has 0 aliphatic heterocycles. The van der Waals surface area contributed by atoms with Gasteiger partial charge in [-0.1, -0.05) is 26.0 Å². The molecule has 182 valence electrons. The van der Waals surface area contributed by atoms with Crippen LogP contribution in [0.2, 0.25) is 0 Å². The molecule has 1 aromatic rings. The van der Waals surface area contributed by atoms with Gasteiger partial charge in [0.05, 0.1) is 12.5 Å². The predicted octanol–water partition coefficient (Wildman–Crippen LogP) is -1.65. The molecule has 0 fully saturated rings. The fourth-order valence-corrected chi connectivity index (χ4v) is 2.94. The molecule has 12 nitrogen and oxygen atoms in total. The molecule has 1 aromatic carbocycles. The molecule has 0 spiro atoms. The number of hydrogen-bond acceptors (Lipinski definition) is 7. The molecule has 0 aliphatic rings. The normalized spacial score (nSPS) is 13.5. The number of carboxylic acid groups (broad SMARTS) is 1. The highest BCUT2D eigenvalue weighted by atomic mass is 16.4. The van der Waals surface area contributed by atoms with Crippen LogP contribution in [0.15, 0.2) is 24.3 Å². The van der Waals surface area contributed by atoms with Crippen LogP contribution in [0.3, 0.4) is 0 Å². The number of hydrogen-bond donors (Lipinski definition) is 7. The molecule has 9 N–H and O–H groups in total. The summed E-state index contributed by atoms with van der Waals surface area (Å²) in [5.74, 6) is -4.37. The SMILES string of the molecule is CC(C)CC(N)C(=O)NC(Cc1ccc(O)cc1)C(=O)NC(CC(N)=O)C(=O)NCC(=O)O. The van der Waals surface area contributed by atoms with E-state index in [9.17, 15) is 29.1 Å². The highest BCUT2D eigenvalue weighted by Gasteiger charge is 2.29. The van der Waals surface area contributed by atoms with E-state index in [-0.39, 0.29) is 18.1 Å². The zero-order valence-electron chi connectivity index (χ0n) is 18.5. The maximum absolute atomic E-state index is 13.0. The molecule has 0 saturated heterocycles. The van der Waals surface area contributed by atoms with Crippen LogP contribution in [0, 0.1) is 5.92 Å². The third kappa shape index (κ3) is 10.5. The topological polar surface area (TPSA) is 214 Å². The maximum Gasteiger partial charge on any atom is 0.322 e. The van der Waals surface area contributed by atoms with E-state index in [0.717, 1.165) is 0 Å². The molecule has 0 radical (unpaired) electrons. The summed E-state index contributed by atoms with van der Waals surface area (Å²) >= 11 is 0. The summed E-state index contributed by atoms with van der Waals surface area (Å²) in [5, 5.41) is 25.1. The van der Waals surface area contributed by atoms with Crippen LogP contribution in [-0.4, -0.2) is 64.5 Å². The minimum absolute atomic E-state index is 0.00765. The minimum atomic E-state index is -1.45. The van der Waals surface area contributed by atoms with Gasteiger partial charge in [0, 0.05) is 6.42 Å². The van der Waals surface area contributed by atoms with E-state index in [1.54, 1.807) is 12.1 Å². The number of aromatic hydroxyl groups is 1. The number of nitrogens with one attached hydrogen (secondary N) is 3. The first-order chi connectivity index (χ1) is 15.4. The van der Waals surface area contributed by atoms with Crippen LogP contribution in [-0.2, 0) is 30.4 Å². The maximum atomic E-state index is 13.0. The number of phenolic OH excluding ortho intramolecular Hbond substituents is 1. The largest absolute Gasteiger partial charge is 0.508 e. The predicted molar refractivity (Wildman–Crippen MR) is 118 cm³/mol. The van der Waals surface area contributed by atoms with Gasteiger partial charge in [-0.25, -0.2) is 0 Å². The van der Waals surface area contributed by atoms with Crippen molar-refractivity contribution in [3.63, 3.8) is 0 Å². The average Bonchev–Trinajstić information content (AvgIpc) is 2.71. The Hall–Kier alpha value is -3.67. The third-order valence-electron chi connectivity index (χ3n) is 4.52. The van der Waals surface area contributed by atoms with Gasteiger partial charge >= 0.3 is 5.97 Å². The van der Waals surface area contributed by atoms with Crippen LogP contribution < -0.4 is 27.4 Å². The average molecular weight is 466 g/mol. The van der Waals surface area contributed by atoms with Crippen molar-refractivity contribution in [2.24, 2.45) is 17.4 Å². The zero-order chi connectivity index (χ0) is 25.1. The minimum Gasteiger partial charge on any atom is -0.508 e. The Morgan fingerprint density at radius 1 is 0.939 bits per heavy atom. The van der Waals surface area contributed by atoms with Crippen molar-refractivity contribution in [3.05, 3.63) is 29.8 Å². The number of phenols is 1. The van der Waals surface area contributed by atoms with E-state index < -0.39 is 60.7 Å². The van der Waals surface area contributed by atoms with E-state index >= 15 is 0 Å². The molecule has 0 aliphatic carbocycles. The number of benzene rings is 1. The molecule has 0 saturated carbocycles. The Balaban J connectivity index is 3.06. The summed E-state index contributed by atoms with van der Waals surface area (Å²) in [5.41, 5.74) is 11.6. The zero-order valence-corrected chi connectivity index (χ0v) is 18.5. The Bertz CT molecular complexity index is 857. The third-order valence-corrected chi connectivity index (χ3v) is 4.52. The van der Waals surface area contributed by atoms with E-state index in [4.69, 9.17) is 16.6 Å². The summed E-state index contributed by atoms with van der Waals surface area (Å²) in [6.07, 6.45) is -0.211. The summed E-state index contributed by atoms with van der Waals surface area (Å²) in [4.78, 5) is 59.8. The van der Waals surface area contributed by atoms with Crippen LogP contribution in [0.25, 0.3) is 0 Å². The number of aliphatic carboxylic acids is 1. The Morgan fingerprint density at radius 3 is 2.03 bits per heavy atom. The number of carboxylic acids is 1. The first kappa shape index (κ1) is 27.4. The van der Waals surface area contributed by atoms with Gasteiger partial charge in [-0.3, -0.25) is 24.0 Å². The van der Waals surface area contributed by atoms with Gasteiger partial charge in [0.1, 0.15) is 24.4 Å². The number of carbonyl (C=O) groups is 5. The fourth-order valence-electron chi connectivity index (χ4n) is 2.94. The van der Waals surface area contributed by atoms with Gasteiger partial charge in [0.15, 0.2) is 0 Å². The lowest BCUT2D eigenvalue weighted by molar-refractivity contribution is -0.138. The van der Waals surface area contributed by atoms with Crippen LogP contribution >= 0.6 is 0 Å². The molecule has 0 aromatic heterocycles. The molecule has 0 bridgehead atoms. The second kappa shape index (κ2) is 13.0. The van der Waals surface area contributed by atoms with Gasteiger partial charge in [-0.15, -0.1) is 0 Å². The molecule has 0 heterocycles. The van der Waals surface area contributed by atoms with E-state index in [1.165, 1.54) is 12.1 Å². The van der Waals surface area contributed by atoms with Crippen molar-refractivity contribution in [2.45, 2.75) is 51.2 Å². The lowest BCUT2D eigenvalue weighted by Crippen LogP contribution is -2.57. The van der Waals surface area contributed by atoms with Crippen molar-refractivity contribution in [1.82, 2.24) is 16.0 Å². The highest BCUT2D eigenvalue weighted by Crippen LogP contribution is 2.12. The van der Waals surface area contributed by atoms with Gasteiger partial charge in [0.2, 0.25) is 23.6 Å². The molecule has 1 rings (SSSR count). The van der Waals surface area contributed by atoms with Gasteiger partial charge in [-0.05, 0) is 30.0 Å². The van der Waals surface area contributed by atoms with Crippen LogP contribution in [0.5, 0.6) is 5.75 Å². The van der Waals surface area contributed by atoms with Gasteiger partial charge in [0.25, 0.3) is 0 Å². The second-order valence-electron chi connectivity index (χ2n) is 8.01. The number of amides is 4. The van der Waals surface area contributed by atoms with Crippen molar-refractivity contribution in [3.8, 4) is 5.75 Å². The van der Waals surface area contributed by atoms with Crippen LogP contribution in [0.4, 0.5) is 0 Å². The molecule has 4 amide bonds. The molecule has 12 heteroatoms. The summed E-state index contributed by atoms with van der Waals surface area (Å²) in [6, 6.07) is 2.42. The molecular weight excluding hydrogens is 434 g/mol. The number of primary amides is 1. The van der Waals surface area contributed by atoms with Crippen LogP contribution in [0.1, 0.15) is 32.3 Å². The first-order valence-electron chi connectivity index (χ1n) is 10.3. The number of carbonyl (C=O) groups excluding carboxylic acids is 4. The van der Waals surface area contributed by atoms with E-state index in [0.29, 0.717) is 12.0 Å². The first-order valence-corrected chi connectivity index (χ1v) is 10.3. The molecule has 3 unspecified atom stereocenters. The summed E-state index contributed by atoms with van der Waals surface area (Å²) < 4.78 is 0. The smallest absolute Gasteiger partial charge is 0.322 e. The molecular formula is C21H31N5O7. The lowest BCUT2D eigenvalue weighted by Gasteiger charge is -2.24. The molecule has 33 heavy (non-hydrogen) atoms. The highest BCUT2D eigenvalue weighted by molar-refractivity contribution is 5.95. The van der Waals surface area contributed by atoms with Gasteiger partial charge in [-0.2, -0.15) is 0 Å². The second-order valence-corrected chi connectivity index (χ2v) is 8.01. The Labute approximate surface area is 191 Å². The van der Waals surface area contributed by atoms with E-state index in [1.807, 2.05) is 13.8 Å². The Morgan fingerprint density at radius 2 is 1.52 bits per heavy atom. The van der Waals surface area contributed by atoms with Gasteiger partial charge < -0.3 is 37.6 Å². The van der Waals surface area contributed by atoms with Crippen molar-refractivity contribution < 1.29 is 34.2 Å². The quantitative estimate of drug-likeness (QED) is 0.179. The van der Waals surface area contributed by atoms with Crippen molar-refractivity contribution >= 4 is 29.6 Å². The number of nitrogens with two attached hydrogens (primary N) is 2. The molecule has 3 atom stereocenters. The number of rotatable bonds is 13. The fraction of sp³-hybridized carbons (Fsp3) is 0.476. The Kier molecular flexibility index (Phi) is 10.8. The van der Waals surface area contributed by atoms with Crippen molar-refractivity contribution in [2.75, 3.05) is 6.54 Å². The lowest BCUT2D eigenvalue weighted by atomic mass is 10.0. The van der Waals surface area contributed by atoms with E-state index in [2.05, 4.69) is 16.0 Å². The summed E-state index contributed by atoms with van der Waals surface area (Å²) in [7, 11) is 0. The summed E-state index contributed by atoms with van der Waals surface area (Å²) in [6.45, 7) is 3.05. The van der Waals surface area contributed by atoms with Crippen molar-refractivity contribution in [1.29, 1.82) is 0 Å². The monoisotopic (exact) mass is 465 g/mol.